The Morgan fingerprint density at radius 3 is 2.41 bits per heavy atom. The summed E-state index contributed by atoms with van der Waals surface area (Å²) in [5.41, 5.74) is 7.50. The van der Waals surface area contributed by atoms with Gasteiger partial charge in [-0.1, -0.05) is 19.1 Å². The van der Waals surface area contributed by atoms with Gasteiger partial charge in [-0.2, -0.15) is 0 Å². The number of hydrogen-bond acceptors (Lipinski definition) is 2. The van der Waals surface area contributed by atoms with Crippen molar-refractivity contribution >= 4 is 5.91 Å². The van der Waals surface area contributed by atoms with Crippen LogP contribution in [0.15, 0.2) is 24.3 Å². The van der Waals surface area contributed by atoms with E-state index in [-0.39, 0.29) is 11.9 Å². The molecular weight excluding hydrogens is 212 g/mol. The molecule has 17 heavy (non-hydrogen) atoms. The van der Waals surface area contributed by atoms with Crippen molar-refractivity contribution in [2.45, 2.75) is 32.7 Å². The third-order valence-corrected chi connectivity index (χ3v) is 3.18. The lowest BCUT2D eigenvalue weighted by molar-refractivity contribution is 0.0739. The Labute approximate surface area is 104 Å². The number of carbonyl (C=O) groups excluding carboxylic acids is 1. The average Bonchev–Trinajstić information content (AvgIpc) is 2.37. The molecule has 0 aromatic heterocycles. The summed E-state index contributed by atoms with van der Waals surface area (Å²) in [7, 11) is 1.83. The van der Waals surface area contributed by atoms with Crippen LogP contribution in [0, 0.1) is 0 Å². The van der Waals surface area contributed by atoms with Crippen LogP contribution in [-0.2, 0) is 6.42 Å². The van der Waals surface area contributed by atoms with Crippen LogP contribution in [-0.4, -0.2) is 30.4 Å². The number of rotatable bonds is 5. The van der Waals surface area contributed by atoms with Gasteiger partial charge in [0.25, 0.3) is 5.91 Å². The molecule has 0 fully saturated rings. The molecule has 0 aliphatic rings. The van der Waals surface area contributed by atoms with Gasteiger partial charge < -0.3 is 10.6 Å². The van der Waals surface area contributed by atoms with E-state index < -0.39 is 0 Å². The van der Waals surface area contributed by atoms with Crippen molar-refractivity contribution in [2.24, 2.45) is 5.73 Å². The Bertz CT molecular complexity index is 359. The second kappa shape index (κ2) is 6.40. The van der Waals surface area contributed by atoms with Crippen molar-refractivity contribution in [2.75, 3.05) is 13.6 Å². The maximum absolute atomic E-state index is 12.1. The first-order chi connectivity index (χ1) is 8.10. The highest BCUT2D eigenvalue weighted by molar-refractivity contribution is 5.94. The highest BCUT2D eigenvalue weighted by atomic mass is 16.2. The molecule has 1 aromatic rings. The quantitative estimate of drug-likeness (QED) is 0.847. The van der Waals surface area contributed by atoms with Gasteiger partial charge in [0.2, 0.25) is 0 Å². The summed E-state index contributed by atoms with van der Waals surface area (Å²) in [4.78, 5) is 13.9. The van der Waals surface area contributed by atoms with Gasteiger partial charge >= 0.3 is 0 Å². The fraction of sp³-hybridized carbons (Fsp3) is 0.500. The highest BCUT2D eigenvalue weighted by Crippen LogP contribution is 2.10. The molecule has 1 unspecified atom stereocenters. The molecule has 0 aliphatic carbocycles. The molecule has 0 aliphatic heterocycles. The van der Waals surface area contributed by atoms with Crippen LogP contribution in [0.1, 0.15) is 36.2 Å². The first-order valence-corrected chi connectivity index (χ1v) is 6.16. The first kappa shape index (κ1) is 13.7. The second-order valence-corrected chi connectivity index (χ2v) is 4.39. The van der Waals surface area contributed by atoms with Crippen LogP contribution in [0.5, 0.6) is 0 Å². The Morgan fingerprint density at radius 1 is 1.35 bits per heavy atom. The molecule has 94 valence electrons. The van der Waals surface area contributed by atoms with Crippen molar-refractivity contribution in [3.63, 3.8) is 0 Å². The van der Waals surface area contributed by atoms with Crippen LogP contribution in [0.2, 0.25) is 0 Å². The summed E-state index contributed by atoms with van der Waals surface area (Å²) in [5, 5.41) is 0. The van der Waals surface area contributed by atoms with Crippen LogP contribution in [0.4, 0.5) is 0 Å². The van der Waals surface area contributed by atoms with E-state index in [9.17, 15) is 4.79 Å². The van der Waals surface area contributed by atoms with Gasteiger partial charge in [-0.3, -0.25) is 4.79 Å². The molecule has 0 saturated heterocycles. The van der Waals surface area contributed by atoms with Crippen LogP contribution in [0.25, 0.3) is 0 Å². The highest BCUT2D eigenvalue weighted by Gasteiger charge is 2.16. The zero-order chi connectivity index (χ0) is 12.8. The molecular formula is C14H22N2O. The van der Waals surface area contributed by atoms with Gasteiger partial charge in [0.1, 0.15) is 0 Å². The smallest absolute Gasteiger partial charge is 0.253 e. The minimum Gasteiger partial charge on any atom is -0.339 e. The largest absolute Gasteiger partial charge is 0.339 e. The zero-order valence-electron chi connectivity index (χ0n) is 10.9. The van der Waals surface area contributed by atoms with Crippen molar-refractivity contribution in [3.05, 3.63) is 35.4 Å². The van der Waals surface area contributed by atoms with E-state index in [1.807, 2.05) is 38.2 Å². The topological polar surface area (TPSA) is 46.3 Å². The van der Waals surface area contributed by atoms with Crippen LogP contribution >= 0.6 is 0 Å². The number of benzene rings is 1. The number of amides is 1. The molecule has 1 amide bonds. The van der Waals surface area contributed by atoms with Crippen molar-refractivity contribution < 1.29 is 4.79 Å². The molecule has 0 radical (unpaired) electrons. The monoisotopic (exact) mass is 234 g/mol. The van der Waals surface area contributed by atoms with E-state index in [2.05, 4.69) is 6.92 Å². The fourth-order valence-corrected chi connectivity index (χ4v) is 1.72. The van der Waals surface area contributed by atoms with Crippen molar-refractivity contribution in [3.8, 4) is 0 Å². The van der Waals surface area contributed by atoms with E-state index >= 15 is 0 Å². The molecule has 0 bridgehead atoms. The average molecular weight is 234 g/mol. The lowest BCUT2D eigenvalue weighted by atomic mass is 10.1. The summed E-state index contributed by atoms with van der Waals surface area (Å²) < 4.78 is 0. The maximum Gasteiger partial charge on any atom is 0.253 e. The molecule has 1 rings (SSSR count). The lowest BCUT2D eigenvalue weighted by Crippen LogP contribution is -2.36. The third kappa shape index (κ3) is 3.56. The molecule has 3 heteroatoms. The number of nitrogens with zero attached hydrogens (tertiary/aromatic N) is 1. The van der Waals surface area contributed by atoms with Crippen LogP contribution in [0.3, 0.4) is 0 Å². The SMILES string of the molecule is CCc1ccc(C(=O)N(C)C(C)CCN)cc1. The predicted molar refractivity (Wildman–Crippen MR) is 71.0 cm³/mol. The number of carbonyl (C=O) groups is 1. The maximum atomic E-state index is 12.1. The summed E-state index contributed by atoms with van der Waals surface area (Å²) in [5.74, 6) is 0.0635. The molecule has 3 nitrogen and oxygen atoms in total. The third-order valence-electron chi connectivity index (χ3n) is 3.18. The van der Waals surface area contributed by atoms with Gasteiger partial charge in [-0.25, -0.2) is 0 Å². The van der Waals surface area contributed by atoms with E-state index in [1.165, 1.54) is 5.56 Å². The van der Waals surface area contributed by atoms with Crippen LogP contribution < -0.4 is 5.73 Å². The Morgan fingerprint density at radius 2 is 1.94 bits per heavy atom. The van der Waals surface area contributed by atoms with Crippen molar-refractivity contribution in [1.29, 1.82) is 0 Å². The molecule has 0 heterocycles. The lowest BCUT2D eigenvalue weighted by Gasteiger charge is -2.24. The molecule has 0 spiro atoms. The minimum absolute atomic E-state index is 0.0635. The van der Waals surface area contributed by atoms with Gasteiger partial charge in [-0.15, -0.1) is 0 Å². The van der Waals surface area contributed by atoms with Gasteiger partial charge in [0.05, 0.1) is 0 Å². The normalized spacial score (nSPS) is 12.2. The first-order valence-electron chi connectivity index (χ1n) is 6.16. The fourth-order valence-electron chi connectivity index (χ4n) is 1.72. The predicted octanol–water partition coefficient (Wildman–Crippen LogP) is 2.06. The standard InChI is InChI=1S/C14H22N2O/c1-4-12-5-7-13(8-6-12)14(17)16(3)11(2)9-10-15/h5-8,11H,4,9-10,15H2,1-3H3. The molecule has 1 aromatic carbocycles. The molecule has 0 saturated carbocycles. The summed E-state index contributed by atoms with van der Waals surface area (Å²) >= 11 is 0. The van der Waals surface area contributed by atoms with Gasteiger partial charge in [0, 0.05) is 18.7 Å². The summed E-state index contributed by atoms with van der Waals surface area (Å²) in [6, 6.07) is 7.99. The minimum atomic E-state index is 0.0635. The zero-order valence-corrected chi connectivity index (χ0v) is 10.9. The Hall–Kier alpha value is -1.35. The van der Waals surface area contributed by atoms with Crippen molar-refractivity contribution in [1.82, 2.24) is 4.90 Å². The van der Waals surface area contributed by atoms with Gasteiger partial charge in [-0.05, 0) is 44.0 Å². The van der Waals surface area contributed by atoms with E-state index in [1.54, 1.807) is 4.90 Å². The van der Waals surface area contributed by atoms with E-state index in [0.29, 0.717) is 6.54 Å². The molecule has 2 N–H and O–H groups in total. The van der Waals surface area contributed by atoms with Gasteiger partial charge in [0.15, 0.2) is 0 Å². The van der Waals surface area contributed by atoms with E-state index in [0.717, 1.165) is 18.4 Å². The number of nitrogens with two attached hydrogens (primary N) is 1. The Kier molecular flexibility index (Phi) is 5.16. The second-order valence-electron chi connectivity index (χ2n) is 4.39. The summed E-state index contributed by atoms with van der Waals surface area (Å²) in [6.07, 6.45) is 1.82. The van der Waals surface area contributed by atoms with E-state index in [4.69, 9.17) is 5.73 Å². The summed E-state index contributed by atoms with van der Waals surface area (Å²) in [6.45, 7) is 4.73. The molecule has 1 atom stereocenters. The number of aryl methyl sites for hydroxylation is 1. The number of hydrogen-bond donors (Lipinski definition) is 1. The Balaban J connectivity index is 2.74.